The molecule has 8 nitrogen and oxygen atoms in total. The van der Waals surface area contributed by atoms with Crippen molar-refractivity contribution >= 4 is 28.3 Å². The van der Waals surface area contributed by atoms with Crippen molar-refractivity contribution < 1.29 is 22.1 Å². The molecule has 0 radical (unpaired) electrons. The summed E-state index contributed by atoms with van der Waals surface area (Å²) < 4.78 is 49.5. The maximum absolute atomic E-state index is 13.2. The van der Waals surface area contributed by atoms with E-state index in [-0.39, 0.29) is 45.4 Å². The predicted octanol–water partition coefficient (Wildman–Crippen LogP) is 6.03. The quantitative estimate of drug-likeness (QED) is 0.220. The van der Waals surface area contributed by atoms with Crippen LogP contribution in [0.25, 0.3) is 22.5 Å². The number of aryl methyl sites for hydroxylation is 2. The first-order chi connectivity index (χ1) is 17.3. The van der Waals surface area contributed by atoms with Crippen molar-refractivity contribution in [3.8, 4) is 11.5 Å². The molecule has 194 valence electrons. The van der Waals surface area contributed by atoms with Crippen molar-refractivity contribution in [3.63, 3.8) is 0 Å². The number of H-pyrrole nitrogens is 1. The minimum absolute atomic E-state index is 0.0608. The summed E-state index contributed by atoms with van der Waals surface area (Å²) in [6.45, 7) is 8.26. The SMILES string of the molecule is C=C(CCc1oc2c(C(C)Nc3ccc(Cl)nc3-c3noc(=O)[nH]3)cc(C)cc2c(=O)c1C)C(F)(F)F. The van der Waals surface area contributed by atoms with Crippen LogP contribution in [0.2, 0.25) is 5.15 Å². The second-order valence-corrected chi connectivity index (χ2v) is 9.04. The zero-order chi connectivity index (χ0) is 27.1. The summed E-state index contributed by atoms with van der Waals surface area (Å²) in [5, 5.41) is 7.39. The molecule has 0 fully saturated rings. The third-order valence-electron chi connectivity index (χ3n) is 5.91. The number of aromatic nitrogens is 3. The van der Waals surface area contributed by atoms with Crippen LogP contribution in [0.3, 0.4) is 0 Å². The van der Waals surface area contributed by atoms with Gasteiger partial charge in [-0.3, -0.25) is 14.3 Å². The maximum Gasteiger partial charge on any atom is 0.439 e. The van der Waals surface area contributed by atoms with Crippen LogP contribution >= 0.6 is 11.6 Å². The first-order valence-electron chi connectivity index (χ1n) is 11.2. The maximum atomic E-state index is 13.2. The van der Waals surface area contributed by atoms with E-state index in [1.807, 2.05) is 19.9 Å². The van der Waals surface area contributed by atoms with Crippen LogP contribution in [0.15, 0.2) is 54.9 Å². The van der Waals surface area contributed by atoms with E-state index >= 15 is 0 Å². The average Bonchev–Trinajstić information content (AvgIpc) is 3.26. The molecule has 0 bridgehead atoms. The Morgan fingerprint density at radius 3 is 2.62 bits per heavy atom. The highest BCUT2D eigenvalue weighted by molar-refractivity contribution is 6.29. The molecular formula is C25H22ClF3N4O4. The number of nitrogens with zero attached hydrogens (tertiary/aromatic N) is 2. The number of rotatable bonds is 7. The van der Waals surface area contributed by atoms with E-state index in [0.29, 0.717) is 16.6 Å². The molecule has 0 spiro atoms. The van der Waals surface area contributed by atoms with Gasteiger partial charge in [-0.1, -0.05) is 29.4 Å². The minimum atomic E-state index is -4.52. The van der Waals surface area contributed by atoms with Crippen LogP contribution in [0.4, 0.5) is 18.9 Å². The number of benzene rings is 1. The second kappa shape index (κ2) is 9.89. The van der Waals surface area contributed by atoms with Gasteiger partial charge in [-0.25, -0.2) is 9.78 Å². The summed E-state index contributed by atoms with van der Waals surface area (Å²) in [7, 11) is 0. The monoisotopic (exact) mass is 534 g/mol. The number of nitrogens with one attached hydrogen (secondary N) is 2. The van der Waals surface area contributed by atoms with Gasteiger partial charge in [-0.15, -0.1) is 0 Å². The molecule has 4 rings (SSSR count). The fraction of sp³-hybridized carbons (Fsp3) is 0.280. The summed E-state index contributed by atoms with van der Waals surface area (Å²) >= 11 is 6.04. The lowest BCUT2D eigenvalue weighted by Gasteiger charge is -2.20. The molecule has 0 saturated heterocycles. The van der Waals surface area contributed by atoms with Crippen LogP contribution < -0.4 is 16.5 Å². The molecule has 1 atom stereocenters. The van der Waals surface area contributed by atoms with Gasteiger partial charge < -0.3 is 9.73 Å². The molecule has 0 aliphatic rings. The van der Waals surface area contributed by atoms with E-state index < -0.39 is 30.0 Å². The molecule has 0 aliphatic heterocycles. The Labute approximate surface area is 213 Å². The van der Waals surface area contributed by atoms with Gasteiger partial charge in [-0.2, -0.15) is 13.2 Å². The number of aromatic amines is 1. The van der Waals surface area contributed by atoms with Gasteiger partial charge in [0.2, 0.25) is 5.82 Å². The third-order valence-corrected chi connectivity index (χ3v) is 6.12. The molecule has 4 aromatic rings. The number of anilines is 1. The second-order valence-electron chi connectivity index (χ2n) is 8.65. The van der Waals surface area contributed by atoms with Crippen molar-refractivity contribution in [2.45, 2.75) is 45.8 Å². The van der Waals surface area contributed by atoms with Crippen LogP contribution in [-0.4, -0.2) is 21.3 Å². The van der Waals surface area contributed by atoms with E-state index in [0.717, 1.165) is 5.56 Å². The first kappa shape index (κ1) is 26.2. The highest BCUT2D eigenvalue weighted by Crippen LogP contribution is 2.33. The van der Waals surface area contributed by atoms with Crippen LogP contribution in [0, 0.1) is 13.8 Å². The van der Waals surface area contributed by atoms with Crippen molar-refractivity contribution in [3.05, 3.63) is 84.8 Å². The first-order valence-corrected chi connectivity index (χ1v) is 11.5. The summed E-state index contributed by atoms with van der Waals surface area (Å²) in [6.07, 6.45) is -5.05. The van der Waals surface area contributed by atoms with E-state index in [2.05, 4.69) is 31.5 Å². The number of hydrogen-bond donors (Lipinski definition) is 2. The molecule has 37 heavy (non-hydrogen) atoms. The number of allylic oxidation sites excluding steroid dienone is 1. The van der Waals surface area contributed by atoms with E-state index in [1.54, 1.807) is 18.2 Å². The molecule has 2 N–H and O–H groups in total. The summed E-state index contributed by atoms with van der Waals surface area (Å²) in [6, 6.07) is 6.20. The Kier molecular flexibility index (Phi) is 7.00. The molecule has 0 amide bonds. The van der Waals surface area contributed by atoms with Gasteiger partial charge in [0.1, 0.15) is 22.2 Å². The van der Waals surface area contributed by atoms with Crippen molar-refractivity contribution in [1.29, 1.82) is 0 Å². The predicted molar refractivity (Wildman–Crippen MR) is 133 cm³/mol. The van der Waals surface area contributed by atoms with E-state index in [4.69, 9.17) is 16.0 Å². The van der Waals surface area contributed by atoms with Gasteiger partial charge in [0.15, 0.2) is 5.43 Å². The van der Waals surface area contributed by atoms with E-state index in [1.165, 1.54) is 6.92 Å². The fourth-order valence-electron chi connectivity index (χ4n) is 3.95. The fourth-order valence-corrected chi connectivity index (χ4v) is 4.10. The van der Waals surface area contributed by atoms with Gasteiger partial charge in [-0.05, 0) is 51.0 Å². The highest BCUT2D eigenvalue weighted by Gasteiger charge is 2.31. The number of halogens is 4. The lowest BCUT2D eigenvalue weighted by Crippen LogP contribution is -2.15. The Bertz CT molecular complexity index is 1620. The minimum Gasteiger partial charge on any atom is -0.460 e. The van der Waals surface area contributed by atoms with Crippen molar-refractivity contribution in [1.82, 2.24) is 15.1 Å². The molecule has 1 unspecified atom stereocenters. The summed E-state index contributed by atoms with van der Waals surface area (Å²) in [4.78, 5) is 31.3. The molecule has 0 saturated carbocycles. The molecule has 1 aromatic carbocycles. The topological polar surface area (TPSA) is 114 Å². The van der Waals surface area contributed by atoms with Crippen molar-refractivity contribution in [2.75, 3.05) is 5.32 Å². The lowest BCUT2D eigenvalue weighted by atomic mass is 9.99. The molecule has 0 aliphatic carbocycles. The van der Waals surface area contributed by atoms with Gasteiger partial charge in [0, 0.05) is 23.1 Å². The number of hydrogen-bond acceptors (Lipinski definition) is 7. The average molecular weight is 535 g/mol. The number of alkyl halides is 3. The number of fused-ring (bicyclic) bond motifs is 1. The Hall–Kier alpha value is -3.86. The zero-order valence-corrected chi connectivity index (χ0v) is 20.8. The summed E-state index contributed by atoms with van der Waals surface area (Å²) in [5.41, 5.74) is 1.35. The largest absolute Gasteiger partial charge is 0.460 e. The van der Waals surface area contributed by atoms with Gasteiger partial charge in [0.05, 0.1) is 17.1 Å². The van der Waals surface area contributed by atoms with Gasteiger partial charge in [0.25, 0.3) is 0 Å². The molecule has 3 aromatic heterocycles. The third kappa shape index (κ3) is 5.46. The molecular weight excluding hydrogens is 513 g/mol. The van der Waals surface area contributed by atoms with Crippen LogP contribution in [0.1, 0.15) is 41.8 Å². The standard InChI is InChI=1S/C25H22ClF3N4O4/c1-11-9-15(14(4)30-17-6-8-19(26)31-20(17)23-32-24(35)37-33-23)22-16(10-11)21(34)13(3)18(36-22)7-5-12(2)25(27,28)29/h6,8-10,14,30H,2,5,7H2,1,3-4H3,(H,32,33,35). The van der Waals surface area contributed by atoms with Gasteiger partial charge >= 0.3 is 11.9 Å². The lowest BCUT2D eigenvalue weighted by molar-refractivity contribution is -0.0935. The Morgan fingerprint density at radius 1 is 1.24 bits per heavy atom. The normalized spacial score (nSPS) is 12.6. The highest BCUT2D eigenvalue weighted by atomic mass is 35.5. The smallest absolute Gasteiger partial charge is 0.439 e. The van der Waals surface area contributed by atoms with Crippen LogP contribution in [-0.2, 0) is 6.42 Å². The summed E-state index contributed by atoms with van der Waals surface area (Å²) in [5.74, 6) is -0.543. The molecule has 3 heterocycles. The Balaban J connectivity index is 1.76. The van der Waals surface area contributed by atoms with Crippen LogP contribution in [0.5, 0.6) is 0 Å². The van der Waals surface area contributed by atoms with E-state index in [9.17, 15) is 22.8 Å². The Morgan fingerprint density at radius 2 is 1.97 bits per heavy atom. The zero-order valence-electron chi connectivity index (χ0n) is 20.0. The van der Waals surface area contributed by atoms with Crippen molar-refractivity contribution in [2.24, 2.45) is 0 Å². The molecule has 12 heteroatoms. The number of pyridine rings is 1.